The molecule has 0 saturated heterocycles. The van der Waals surface area contributed by atoms with Crippen LogP contribution in [0.25, 0.3) is 0 Å². The fraction of sp³-hybridized carbons (Fsp3) is 0.875. The maximum atomic E-state index is 11.9. The number of aliphatic hydroxyl groups excluding tert-OH is 3. The van der Waals surface area contributed by atoms with Crippen molar-refractivity contribution >= 4 is 13.8 Å². The van der Waals surface area contributed by atoms with Gasteiger partial charge in [-0.3, -0.25) is 13.8 Å². The Labute approximate surface area is 205 Å². The van der Waals surface area contributed by atoms with Crippen LogP contribution in [0.5, 0.6) is 0 Å². The molecule has 0 rings (SSSR count). The van der Waals surface area contributed by atoms with E-state index in [0.29, 0.717) is 6.42 Å². The minimum absolute atomic E-state index is 0.204. The van der Waals surface area contributed by atoms with E-state index in [2.05, 4.69) is 28.1 Å². The Morgan fingerprint density at radius 1 is 0.824 bits per heavy atom. The first kappa shape index (κ1) is 33.2. The average molecular weight is 511 g/mol. The van der Waals surface area contributed by atoms with Gasteiger partial charge in [0.1, 0.15) is 12.2 Å². The maximum absolute atomic E-state index is 11.9. The number of hydrogen-bond acceptors (Lipinski definition) is 8. The Morgan fingerprint density at radius 2 is 1.35 bits per heavy atom. The summed E-state index contributed by atoms with van der Waals surface area (Å²) in [6, 6.07) is 0. The number of rotatable bonds is 24. The summed E-state index contributed by atoms with van der Waals surface area (Å²) in [5, 5.41) is 27.1. The lowest BCUT2D eigenvalue weighted by Crippen LogP contribution is -2.27. The highest BCUT2D eigenvalue weighted by Crippen LogP contribution is 2.43. The average Bonchev–Trinajstić information content (AvgIpc) is 2.82. The second-order valence-corrected chi connectivity index (χ2v) is 9.98. The van der Waals surface area contributed by atoms with Gasteiger partial charge in [-0.2, -0.15) is 0 Å². The number of esters is 1. The molecule has 0 spiro atoms. The molecule has 10 heteroatoms. The Hall–Kier alpha value is -0.800. The van der Waals surface area contributed by atoms with Crippen LogP contribution in [0.1, 0.15) is 96.8 Å². The van der Waals surface area contributed by atoms with E-state index in [1.165, 1.54) is 51.4 Å². The lowest BCUT2D eigenvalue weighted by atomic mass is 10.1. The molecule has 0 heterocycles. The Kier molecular flexibility index (Phi) is 22.1. The molecule has 0 aromatic heterocycles. The molecule has 0 radical (unpaired) electrons. The third-order valence-electron chi connectivity index (χ3n) is 5.21. The monoisotopic (exact) mass is 510 g/mol. The van der Waals surface area contributed by atoms with Gasteiger partial charge in [-0.05, 0) is 32.1 Å². The van der Waals surface area contributed by atoms with Crippen LogP contribution in [0.15, 0.2) is 12.2 Å². The van der Waals surface area contributed by atoms with E-state index >= 15 is 0 Å². The number of allylic oxidation sites excluding steroid dienone is 2. The summed E-state index contributed by atoms with van der Waals surface area (Å²) >= 11 is 0. The van der Waals surface area contributed by atoms with Gasteiger partial charge in [-0.1, -0.05) is 70.4 Å². The molecule has 202 valence electrons. The second kappa shape index (κ2) is 22.7. The van der Waals surface area contributed by atoms with Crippen LogP contribution in [-0.2, 0) is 23.1 Å². The Bertz CT molecular complexity index is 557. The number of carbonyl (C=O) groups excluding carboxylic acids is 1. The van der Waals surface area contributed by atoms with E-state index in [1.807, 2.05) is 0 Å². The summed E-state index contributed by atoms with van der Waals surface area (Å²) in [6.07, 6.45) is 17.4. The summed E-state index contributed by atoms with van der Waals surface area (Å²) in [4.78, 5) is 21.4. The van der Waals surface area contributed by atoms with Gasteiger partial charge in [-0.25, -0.2) is 4.57 Å². The number of phosphoric ester groups is 1. The molecule has 0 aromatic carbocycles. The molecule has 0 bridgehead atoms. The lowest BCUT2D eigenvalue weighted by Gasteiger charge is -2.18. The predicted molar refractivity (Wildman–Crippen MR) is 131 cm³/mol. The molecule has 3 atom stereocenters. The molecule has 9 nitrogen and oxygen atoms in total. The molecule has 0 fully saturated rings. The fourth-order valence-electron chi connectivity index (χ4n) is 3.16. The van der Waals surface area contributed by atoms with Crippen molar-refractivity contribution in [2.45, 2.75) is 109 Å². The first-order chi connectivity index (χ1) is 16.3. The molecule has 0 saturated carbocycles. The van der Waals surface area contributed by atoms with Crippen LogP contribution < -0.4 is 0 Å². The predicted octanol–water partition coefficient (Wildman–Crippen LogP) is 4.41. The third-order valence-corrected chi connectivity index (χ3v) is 6.16. The highest BCUT2D eigenvalue weighted by molar-refractivity contribution is 7.47. The zero-order valence-electron chi connectivity index (χ0n) is 20.8. The van der Waals surface area contributed by atoms with Gasteiger partial charge >= 0.3 is 13.8 Å². The highest BCUT2D eigenvalue weighted by Gasteiger charge is 2.25. The zero-order chi connectivity index (χ0) is 25.5. The van der Waals surface area contributed by atoms with Crippen molar-refractivity contribution in [3.8, 4) is 0 Å². The van der Waals surface area contributed by atoms with Gasteiger partial charge in [-0.15, -0.1) is 0 Å². The molecule has 1 unspecified atom stereocenters. The van der Waals surface area contributed by atoms with Gasteiger partial charge in [0.15, 0.2) is 0 Å². The number of ether oxygens (including phenoxy) is 1. The fourth-order valence-corrected chi connectivity index (χ4v) is 3.95. The number of carbonyl (C=O) groups is 1. The topological polar surface area (TPSA) is 143 Å². The minimum Gasteiger partial charge on any atom is -0.457 e. The summed E-state index contributed by atoms with van der Waals surface area (Å²) in [6.45, 7) is -0.0958. The summed E-state index contributed by atoms with van der Waals surface area (Å²) < 4.78 is 25.9. The maximum Gasteiger partial charge on any atom is 0.472 e. The third kappa shape index (κ3) is 21.7. The highest BCUT2D eigenvalue weighted by atomic mass is 31.2. The van der Waals surface area contributed by atoms with Crippen molar-refractivity contribution in [3.05, 3.63) is 12.2 Å². The van der Waals surface area contributed by atoms with Gasteiger partial charge < -0.3 is 24.9 Å². The van der Waals surface area contributed by atoms with E-state index in [4.69, 9.17) is 14.9 Å². The first-order valence-electron chi connectivity index (χ1n) is 12.7. The van der Waals surface area contributed by atoms with Gasteiger partial charge in [0.25, 0.3) is 0 Å². The van der Waals surface area contributed by atoms with Crippen LogP contribution in [0.3, 0.4) is 0 Å². The van der Waals surface area contributed by atoms with E-state index in [1.54, 1.807) is 0 Å². The van der Waals surface area contributed by atoms with Crippen LogP contribution in [0.4, 0.5) is 0 Å². The normalized spacial score (nSPS) is 15.3. The largest absolute Gasteiger partial charge is 0.472 e. The summed E-state index contributed by atoms with van der Waals surface area (Å²) in [5.41, 5.74) is 0. The van der Waals surface area contributed by atoms with Crippen molar-refractivity contribution in [2.24, 2.45) is 0 Å². The summed E-state index contributed by atoms with van der Waals surface area (Å²) in [5.74, 6) is -0.506. The molecule has 0 aliphatic rings. The van der Waals surface area contributed by atoms with E-state index in [9.17, 15) is 19.4 Å². The first-order valence-corrected chi connectivity index (χ1v) is 14.2. The van der Waals surface area contributed by atoms with Crippen LogP contribution >= 0.6 is 7.82 Å². The molecular weight excluding hydrogens is 463 g/mol. The minimum atomic E-state index is -4.50. The van der Waals surface area contributed by atoms with Crippen LogP contribution in [-0.4, -0.2) is 64.8 Å². The number of hydrogen-bond donors (Lipinski definition) is 4. The van der Waals surface area contributed by atoms with Gasteiger partial charge in [0.05, 0.1) is 26.4 Å². The molecular formula is C24H47O9P. The van der Waals surface area contributed by atoms with Crippen molar-refractivity contribution in [1.29, 1.82) is 0 Å². The SMILES string of the molecule is CCCCCC/C=C/CCCCCCCCCC(=O)O[C@H](CO)COP(=O)(O)OC[C@@H](O)CO. The molecule has 0 amide bonds. The van der Waals surface area contributed by atoms with Gasteiger partial charge in [0, 0.05) is 6.42 Å². The van der Waals surface area contributed by atoms with Crippen molar-refractivity contribution in [2.75, 3.05) is 26.4 Å². The molecule has 0 aliphatic heterocycles. The second-order valence-electron chi connectivity index (χ2n) is 8.53. The van der Waals surface area contributed by atoms with Crippen LogP contribution in [0, 0.1) is 0 Å². The van der Waals surface area contributed by atoms with Crippen molar-refractivity contribution in [3.63, 3.8) is 0 Å². The standard InChI is InChI=1S/C24H47O9P/c1-2-3-4-5-6-7-8-9-10-11-12-13-14-15-16-17-24(28)33-23(19-26)21-32-34(29,30)31-20-22(27)18-25/h7-8,22-23,25-27H,2-6,9-21H2,1H3,(H,29,30)/b8-7+/t22-,23+/m0/s1. The van der Waals surface area contributed by atoms with Crippen molar-refractivity contribution in [1.82, 2.24) is 0 Å². The molecule has 0 aromatic rings. The zero-order valence-corrected chi connectivity index (χ0v) is 21.7. The lowest BCUT2D eigenvalue weighted by molar-refractivity contribution is -0.153. The quantitative estimate of drug-likeness (QED) is 0.0642. The smallest absolute Gasteiger partial charge is 0.457 e. The summed E-state index contributed by atoms with van der Waals surface area (Å²) in [7, 11) is -4.50. The van der Waals surface area contributed by atoms with E-state index < -0.39 is 52.4 Å². The molecule has 4 N–H and O–H groups in total. The van der Waals surface area contributed by atoms with Crippen molar-refractivity contribution < 1.29 is 43.4 Å². The van der Waals surface area contributed by atoms with E-state index in [-0.39, 0.29) is 6.42 Å². The number of unbranched alkanes of at least 4 members (excludes halogenated alkanes) is 11. The molecule has 34 heavy (non-hydrogen) atoms. The number of aliphatic hydroxyl groups is 3. The van der Waals surface area contributed by atoms with Gasteiger partial charge in [0.2, 0.25) is 0 Å². The number of phosphoric acid groups is 1. The Balaban J connectivity index is 3.70. The Morgan fingerprint density at radius 3 is 1.91 bits per heavy atom. The van der Waals surface area contributed by atoms with Crippen LogP contribution in [0.2, 0.25) is 0 Å². The molecule has 0 aliphatic carbocycles. The van der Waals surface area contributed by atoms with E-state index in [0.717, 1.165) is 25.7 Å².